The van der Waals surface area contributed by atoms with E-state index < -0.39 is 0 Å². The fraction of sp³-hybridized carbons (Fsp3) is 0.923. The van der Waals surface area contributed by atoms with E-state index in [9.17, 15) is 5.11 Å². The first kappa shape index (κ1) is 13.5. The van der Waals surface area contributed by atoms with Crippen LogP contribution in [0.4, 0.5) is 0 Å². The summed E-state index contributed by atoms with van der Waals surface area (Å²) < 4.78 is 0. The molecule has 0 aromatic rings. The average molecular weight is 224 g/mol. The van der Waals surface area contributed by atoms with E-state index in [0.29, 0.717) is 18.9 Å². The summed E-state index contributed by atoms with van der Waals surface area (Å²) in [6.45, 7) is 7.99. The van der Waals surface area contributed by atoms with Gasteiger partial charge in [-0.3, -0.25) is 0 Å². The summed E-state index contributed by atoms with van der Waals surface area (Å²) in [6, 6.07) is 2.22. The molecule has 0 saturated carbocycles. The first-order chi connectivity index (χ1) is 7.57. The number of aliphatic hydroxyl groups excluding tert-OH is 1. The minimum absolute atomic E-state index is 0.215. The lowest BCUT2D eigenvalue weighted by atomic mass is 9.86. The Labute approximate surface area is 99.1 Å². The largest absolute Gasteiger partial charge is 0.396 e. The van der Waals surface area contributed by atoms with E-state index in [4.69, 9.17) is 5.26 Å². The topological polar surface area (TPSA) is 47.3 Å². The highest BCUT2D eigenvalue weighted by Gasteiger charge is 2.25. The molecule has 0 spiro atoms. The molecule has 1 aliphatic heterocycles. The number of hydrogen-bond acceptors (Lipinski definition) is 3. The van der Waals surface area contributed by atoms with Crippen molar-refractivity contribution in [2.45, 2.75) is 39.5 Å². The van der Waals surface area contributed by atoms with Crippen LogP contribution in [0.1, 0.15) is 39.5 Å². The van der Waals surface area contributed by atoms with Crippen LogP contribution in [0.25, 0.3) is 0 Å². The number of rotatable bonds is 5. The highest BCUT2D eigenvalue weighted by Crippen LogP contribution is 2.26. The first-order valence-corrected chi connectivity index (χ1v) is 6.27. The summed E-state index contributed by atoms with van der Waals surface area (Å²) in [5.74, 6) is 0.459. The van der Waals surface area contributed by atoms with Crippen molar-refractivity contribution in [3.63, 3.8) is 0 Å². The Bertz CT molecular complexity index is 245. The fourth-order valence-electron chi connectivity index (χ4n) is 2.52. The molecule has 1 N–H and O–H groups in total. The maximum Gasteiger partial charge on any atom is 0.0621 e. The summed E-state index contributed by atoms with van der Waals surface area (Å²) in [4.78, 5) is 2.45. The molecule has 0 amide bonds. The van der Waals surface area contributed by atoms with Crippen LogP contribution in [0, 0.1) is 22.7 Å². The lowest BCUT2D eigenvalue weighted by Crippen LogP contribution is -2.42. The van der Waals surface area contributed by atoms with E-state index in [1.54, 1.807) is 0 Å². The van der Waals surface area contributed by atoms with Gasteiger partial charge < -0.3 is 10.0 Å². The molecular weight excluding hydrogens is 200 g/mol. The molecule has 1 fully saturated rings. The van der Waals surface area contributed by atoms with Gasteiger partial charge in [0.05, 0.1) is 6.07 Å². The minimum Gasteiger partial charge on any atom is -0.396 e. The molecule has 92 valence electrons. The van der Waals surface area contributed by atoms with Crippen molar-refractivity contribution in [2.75, 3.05) is 26.2 Å². The number of hydrogen-bond donors (Lipinski definition) is 1. The van der Waals surface area contributed by atoms with Gasteiger partial charge in [-0.1, -0.05) is 13.8 Å². The van der Waals surface area contributed by atoms with Crippen LogP contribution in [0.3, 0.4) is 0 Å². The molecule has 1 saturated heterocycles. The molecule has 3 heteroatoms. The zero-order valence-corrected chi connectivity index (χ0v) is 10.6. The van der Waals surface area contributed by atoms with Gasteiger partial charge in [0.1, 0.15) is 0 Å². The molecule has 1 atom stereocenters. The van der Waals surface area contributed by atoms with Crippen molar-refractivity contribution < 1.29 is 5.11 Å². The Balaban J connectivity index is 2.37. The SMILES string of the molecule is CC(C)(CCC#N)CN1CCCC(CO)C1. The zero-order valence-electron chi connectivity index (χ0n) is 10.6. The van der Waals surface area contributed by atoms with Crippen LogP contribution >= 0.6 is 0 Å². The van der Waals surface area contributed by atoms with Gasteiger partial charge in [-0.2, -0.15) is 5.26 Å². The van der Waals surface area contributed by atoms with Crippen molar-refractivity contribution >= 4 is 0 Å². The van der Waals surface area contributed by atoms with E-state index >= 15 is 0 Å². The van der Waals surface area contributed by atoms with Gasteiger partial charge in [0.15, 0.2) is 0 Å². The van der Waals surface area contributed by atoms with E-state index in [-0.39, 0.29) is 5.41 Å². The maximum atomic E-state index is 9.18. The van der Waals surface area contributed by atoms with Crippen LogP contribution in [0.2, 0.25) is 0 Å². The number of piperidine rings is 1. The van der Waals surface area contributed by atoms with Crippen molar-refractivity contribution in [1.29, 1.82) is 5.26 Å². The fourth-order valence-corrected chi connectivity index (χ4v) is 2.52. The number of likely N-dealkylation sites (tertiary alicyclic amines) is 1. The average Bonchev–Trinajstić information content (AvgIpc) is 2.26. The van der Waals surface area contributed by atoms with E-state index in [2.05, 4.69) is 24.8 Å². The van der Waals surface area contributed by atoms with Gasteiger partial charge in [0, 0.05) is 26.1 Å². The number of nitriles is 1. The standard InChI is InChI=1S/C13H24N2O/c1-13(2,6-4-7-14)11-15-8-3-5-12(9-15)10-16/h12,16H,3-6,8-11H2,1-2H3. The molecule has 0 aromatic carbocycles. The van der Waals surface area contributed by atoms with Crippen molar-refractivity contribution in [1.82, 2.24) is 4.90 Å². The second kappa shape index (κ2) is 6.22. The second-order valence-electron chi connectivity index (χ2n) is 5.75. The predicted octanol–water partition coefficient (Wildman–Crippen LogP) is 2.02. The molecule has 0 radical (unpaired) electrons. The molecule has 0 aromatic heterocycles. The zero-order chi connectivity index (χ0) is 12.0. The van der Waals surface area contributed by atoms with E-state index in [0.717, 1.165) is 32.5 Å². The third-order valence-electron chi connectivity index (χ3n) is 3.43. The predicted molar refractivity (Wildman–Crippen MR) is 64.9 cm³/mol. The number of aliphatic hydroxyl groups is 1. The Morgan fingerprint density at radius 1 is 1.50 bits per heavy atom. The van der Waals surface area contributed by atoms with Crippen molar-refractivity contribution in [3.05, 3.63) is 0 Å². The molecule has 1 aliphatic rings. The molecule has 0 bridgehead atoms. The summed E-state index contributed by atoms with van der Waals surface area (Å²) in [6.07, 6.45) is 3.96. The first-order valence-electron chi connectivity index (χ1n) is 6.27. The summed E-state index contributed by atoms with van der Waals surface area (Å²) >= 11 is 0. The maximum absolute atomic E-state index is 9.18. The summed E-state index contributed by atoms with van der Waals surface area (Å²) in [7, 11) is 0. The summed E-state index contributed by atoms with van der Waals surface area (Å²) in [5.41, 5.74) is 0.215. The third-order valence-corrected chi connectivity index (χ3v) is 3.43. The normalized spacial score (nSPS) is 23.0. The van der Waals surface area contributed by atoms with Gasteiger partial charge in [0.25, 0.3) is 0 Å². The van der Waals surface area contributed by atoms with Crippen molar-refractivity contribution in [2.24, 2.45) is 11.3 Å². The monoisotopic (exact) mass is 224 g/mol. The second-order valence-corrected chi connectivity index (χ2v) is 5.75. The minimum atomic E-state index is 0.215. The third kappa shape index (κ3) is 4.51. The van der Waals surface area contributed by atoms with Gasteiger partial charge in [-0.05, 0) is 37.1 Å². The van der Waals surface area contributed by atoms with Gasteiger partial charge in [-0.25, -0.2) is 0 Å². The van der Waals surface area contributed by atoms with Crippen LogP contribution < -0.4 is 0 Å². The molecule has 1 heterocycles. The highest BCUT2D eigenvalue weighted by atomic mass is 16.3. The van der Waals surface area contributed by atoms with Gasteiger partial charge in [0.2, 0.25) is 0 Å². The number of nitrogens with zero attached hydrogens (tertiary/aromatic N) is 2. The molecule has 0 aliphatic carbocycles. The van der Waals surface area contributed by atoms with Gasteiger partial charge >= 0.3 is 0 Å². The highest BCUT2D eigenvalue weighted by molar-refractivity contribution is 4.82. The van der Waals surface area contributed by atoms with Crippen molar-refractivity contribution in [3.8, 4) is 6.07 Å². The molecule has 1 unspecified atom stereocenters. The Morgan fingerprint density at radius 2 is 2.25 bits per heavy atom. The summed E-state index contributed by atoms with van der Waals surface area (Å²) in [5, 5.41) is 17.8. The molecule has 16 heavy (non-hydrogen) atoms. The lowest BCUT2D eigenvalue weighted by Gasteiger charge is -2.37. The van der Waals surface area contributed by atoms with Crippen LogP contribution in [-0.2, 0) is 0 Å². The quantitative estimate of drug-likeness (QED) is 0.777. The smallest absolute Gasteiger partial charge is 0.0621 e. The van der Waals surface area contributed by atoms with Crippen LogP contribution in [-0.4, -0.2) is 36.2 Å². The van der Waals surface area contributed by atoms with E-state index in [1.165, 1.54) is 6.42 Å². The Hall–Kier alpha value is -0.590. The Kier molecular flexibility index (Phi) is 5.24. The van der Waals surface area contributed by atoms with Crippen LogP contribution in [0.5, 0.6) is 0 Å². The van der Waals surface area contributed by atoms with Crippen LogP contribution in [0.15, 0.2) is 0 Å². The molecular formula is C13H24N2O. The van der Waals surface area contributed by atoms with Gasteiger partial charge in [-0.15, -0.1) is 0 Å². The molecule has 1 rings (SSSR count). The molecule has 3 nitrogen and oxygen atoms in total. The Morgan fingerprint density at radius 3 is 2.88 bits per heavy atom. The lowest BCUT2D eigenvalue weighted by molar-refractivity contribution is 0.0869. The van der Waals surface area contributed by atoms with E-state index in [1.807, 2.05) is 0 Å².